The smallest absolute Gasteiger partial charge is 0.133 e. The highest BCUT2D eigenvalue weighted by Crippen LogP contribution is 2.08. The van der Waals surface area contributed by atoms with Gasteiger partial charge >= 0.3 is 0 Å². The fourth-order valence-electron chi connectivity index (χ4n) is 0.569. The number of aliphatic hydroxyl groups excluding tert-OH is 1. The Morgan fingerprint density at radius 2 is 2.50 bits per heavy atom. The Labute approximate surface area is 70.4 Å². The number of aliphatic hydroxyl groups is 1. The second kappa shape index (κ2) is 4.40. The van der Waals surface area contributed by atoms with Crippen LogP contribution in [0.25, 0.3) is 0 Å². The molecule has 12 heavy (non-hydrogen) atoms. The molecule has 1 N–H and O–H groups in total. The summed E-state index contributed by atoms with van der Waals surface area (Å²) in [6.45, 7) is -0.149. The second-order valence-electron chi connectivity index (χ2n) is 2.20. The highest BCUT2D eigenvalue weighted by Gasteiger charge is 1.88. The van der Waals surface area contributed by atoms with Crippen LogP contribution in [0.1, 0.15) is 0 Å². The number of hydrogen-bond donors (Lipinski definition) is 1. The van der Waals surface area contributed by atoms with Crippen LogP contribution in [-0.4, -0.2) is 28.9 Å². The van der Waals surface area contributed by atoms with Gasteiger partial charge in [-0.2, -0.15) is 0 Å². The van der Waals surface area contributed by atoms with Gasteiger partial charge in [-0.05, 0) is 12.1 Å². The van der Waals surface area contributed by atoms with Gasteiger partial charge in [0.1, 0.15) is 12.4 Å². The lowest BCUT2D eigenvalue weighted by Gasteiger charge is -2.04. The van der Waals surface area contributed by atoms with Crippen molar-refractivity contribution in [1.29, 1.82) is 0 Å². The minimum atomic E-state index is -0.149. The molecule has 1 heterocycles. The highest BCUT2D eigenvalue weighted by molar-refractivity contribution is 5.30. The Morgan fingerprint density at radius 1 is 1.67 bits per heavy atom. The van der Waals surface area contributed by atoms with Crippen LogP contribution in [0.3, 0.4) is 0 Å². The van der Waals surface area contributed by atoms with Crippen molar-refractivity contribution < 1.29 is 5.11 Å². The van der Waals surface area contributed by atoms with Gasteiger partial charge in [0.05, 0.1) is 6.20 Å². The third kappa shape index (κ3) is 2.63. The van der Waals surface area contributed by atoms with Crippen molar-refractivity contribution in [3.63, 3.8) is 0 Å². The largest absolute Gasteiger partial charge is 0.375 e. The minimum Gasteiger partial charge on any atom is -0.375 e. The molecule has 0 amide bonds. The van der Waals surface area contributed by atoms with E-state index in [-0.39, 0.29) is 6.73 Å². The molecule has 0 atom stereocenters. The fourth-order valence-corrected chi connectivity index (χ4v) is 0.569. The normalized spacial score (nSPS) is 10.5. The molecule has 5 heteroatoms. The Kier molecular flexibility index (Phi) is 3.16. The summed E-state index contributed by atoms with van der Waals surface area (Å²) in [5.74, 6) is 0. The first-order valence-corrected chi connectivity index (χ1v) is 3.46. The van der Waals surface area contributed by atoms with E-state index in [4.69, 9.17) is 5.11 Å². The molecule has 0 bridgehead atoms. The number of hydrogen-bond acceptors (Lipinski definition) is 4. The summed E-state index contributed by atoms with van der Waals surface area (Å²) in [7, 11) is 1.62. The molecule has 0 saturated heterocycles. The molecule has 5 nitrogen and oxygen atoms in total. The van der Waals surface area contributed by atoms with Crippen LogP contribution in [0, 0.1) is 0 Å². The van der Waals surface area contributed by atoms with Gasteiger partial charge < -0.3 is 5.11 Å². The van der Waals surface area contributed by atoms with E-state index in [9.17, 15) is 0 Å². The van der Waals surface area contributed by atoms with Crippen LogP contribution >= 0.6 is 0 Å². The van der Waals surface area contributed by atoms with Crippen molar-refractivity contribution in [1.82, 2.24) is 9.99 Å². The van der Waals surface area contributed by atoms with Gasteiger partial charge in [0.15, 0.2) is 0 Å². The summed E-state index contributed by atoms with van der Waals surface area (Å²) in [4.78, 5) is 3.85. The standard InChI is InChI=1S/C7H10N4O/c1-11(6-12)10-9-7-3-2-4-8-5-7/h2-5,12H,6H2,1H3. The van der Waals surface area contributed by atoms with Crippen molar-refractivity contribution in [2.24, 2.45) is 10.3 Å². The SMILES string of the molecule is CN(CO)N=Nc1cccnc1. The number of pyridine rings is 1. The van der Waals surface area contributed by atoms with Gasteiger partial charge in [-0.15, -0.1) is 5.11 Å². The fraction of sp³-hybridized carbons (Fsp3) is 0.286. The van der Waals surface area contributed by atoms with Crippen LogP contribution < -0.4 is 0 Å². The number of rotatable bonds is 3. The van der Waals surface area contributed by atoms with E-state index in [0.29, 0.717) is 5.69 Å². The van der Waals surface area contributed by atoms with Gasteiger partial charge in [0.25, 0.3) is 0 Å². The topological polar surface area (TPSA) is 61.1 Å². The Hall–Kier alpha value is -1.49. The average molecular weight is 166 g/mol. The summed E-state index contributed by atoms with van der Waals surface area (Å²) in [5, 5.41) is 17.4. The molecule has 0 spiro atoms. The molecule has 1 rings (SSSR count). The molecule has 0 radical (unpaired) electrons. The van der Waals surface area contributed by atoms with Gasteiger partial charge in [0.2, 0.25) is 0 Å². The molecular formula is C7H10N4O. The molecule has 0 fully saturated rings. The lowest BCUT2D eigenvalue weighted by atomic mass is 10.4. The van der Waals surface area contributed by atoms with E-state index in [1.807, 2.05) is 0 Å². The van der Waals surface area contributed by atoms with Crippen molar-refractivity contribution in [2.75, 3.05) is 13.8 Å². The van der Waals surface area contributed by atoms with Gasteiger partial charge in [-0.3, -0.25) is 9.99 Å². The molecule has 1 aromatic rings. The molecule has 0 aromatic carbocycles. The molecule has 64 valence electrons. The Morgan fingerprint density at radius 3 is 3.08 bits per heavy atom. The quantitative estimate of drug-likeness (QED) is 0.413. The summed E-state index contributed by atoms with van der Waals surface area (Å²) in [6, 6.07) is 3.55. The first kappa shape index (κ1) is 8.61. The molecule has 0 unspecified atom stereocenters. The van der Waals surface area contributed by atoms with E-state index in [1.54, 1.807) is 31.6 Å². The van der Waals surface area contributed by atoms with E-state index in [1.165, 1.54) is 5.01 Å². The lowest BCUT2D eigenvalue weighted by molar-refractivity contribution is 0.129. The second-order valence-corrected chi connectivity index (χ2v) is 2.20. The molecule has 1 aromatic heterocycles. The van der Waals surface area contributed by atoms with Crippen LogP contribution in [-0.2, 0) is 0 Å². The maximum absolute atomic E-state index is 8.57. The van der Waals surface area contributed by atoms with Crippen molar-refractivity contribution >= 4 is 5.69 Å². The summed E-state index contributed by atoms with van der Waals surface area (Å²) < 4.78 is 0. The zero-order valence-corrected chi connectivity index (χ0v) is 6.75. The number of aromatic nitrogens is 1. The minimum absolute atomic E-state index is 0.149. The van der Waals surface area contributed by atoms with Gasteiger partial charge in [-0.25, -0.2) is 0 Å². The Bertz CT molecular complexity index is 249. The molecule has 0 aliphatic carbocycles. The average Bonchev–Trinajstić information content (AvgIpc) is 2.16. The van der Waals surface area contributed by atoms with Gasteiger partial charge in [0, 0.05) is 13.2 Å². The zero-order chi connectivity index (χ0) is 8.81. The van der Waals surface area contributed by atoms with Crippen LogP contribution in [0.5, 0.6) is 0 Å². The van der Waals surface area contributed by atoms with Crippen molar-refractivity contribution in [2.45, 2.75) is 0 Å². The molecule has 0 aliphatic heterocycles. The molecular weight excluding hydrogens is 156 g/mol. The third-order valence-corrected chi connectivity index (χ3v) is 1.16. The third-order valence-electron chi connectivity index (χ3n) is 1.16. The first-order valence-electron chi connectivity index (χ1n) is 3.46. The van der Waals surface area contributed by atoms with Gasteiger partial charge in [-0.1, -0.05) is 5.22 Å². The highest BCUT2D eigenvalue weighted by atomic mass is 16.3. The monoisotopic (exact) mass is 166 g/mol. The maximum Gasteiger partial charge on any atom is 0.133 e. The summed E-state index contributed by atoms with van der Waals surface area (Å²) >= 11 is 0. The summed E-state index contributed by atoms with van der Waals surface area (Å²) in [6.07, 6.45) is 3.25. The predicted molar refractivity (Wildman–Crippen MR) is 43.6 cm³/mol. The van der Waals surface area contributed by atoms with Crippen molar-refractivity contribution in [3.8, 4) is 0 Å². The van der Waals surface area contributed by atoms with Crippen LogP contribution in [0.4, 0.5) is 5.69 Å². The lowest BCUT2D eigenvalue weighted by Crippen LogP contribution is -2.10. The van der Waals surface area contributed by atoms with Crippen molar-refractivity contribution in [3.05, 3.63) is 24.5 Å². The van der Waals surface area contributed by atoms with E-state index in [2.05, 4.69) is 15.3 Å². The zero-order valence-electron chi connectivity index (χ0n) is 6.75. The maximum atomic E-state index is 8.57. The van der Waals surface area contributed by atoms with E-state index in [0.717, 1.165) is 0 Å². The predicted octanol–water partition coefficient (Wildman–Crippen LogP) is 0.962. The van der Waals surface area contributed by atoms with E-state index >= 15 is 0 Å². The summed E-state index contributed by atoms with van der Waals surface area (Å²) in [5.41, 5.74) is 0.665. The Balaban J connectivity index is 2.58. The van der Waals surface area contributed by atoms with E-state index < -0.39 is 0 Å². The molecule has 0 saturated carbocycles. The first-order chi connectivity index (χ1) is 5.83. The van der Waals surface area contributed by atoms with Crippen LogP contribution in [0.15, 0.2) is 34.9 Å². The molecule has 0 aliphatic rings. The van der Waals surface area contributed by atoms with Crippen LogP contribution in [0.2, 0.25) is 0 Å². The number of nitrogens with zero attached hydrogens (tertiary/aromatic N) is 4.